The number of ether oxygens (including phenoxy) is 1. The van der Waals surface area contributed by atoms with Crippen molar-refractivity contribution in [1.29, 1.82) is 0 Å². The van der Waals surface area contributed by atoms with E-state index >= 15 is 0 Å². The minimum Gasteiger partial charge on any atom is -0.376 e. The highest BCUT2D eigenvalue weighted by molar-refractivity contribution is 5.95. The Bertz CT molecular complexity index is 600. The molecule has 1 unspecified atom stereocenters. The molecule has 1 aromatic rings. The normalized spacial score (nSPS) is 20.7. The fourth-order valence-electron chi connectivity index (χ4n) is 3.30. The van der Waals surface area contributed by atoms with Crippen LogP contribution in [0.4, 0.5) is 5.69 Å². The minimum atomic E-state index is -0.183. The Morgan fingerprint density at radius 3 is 2.52 bits per heavy atom. The zero-order valence-corrected chi connectivity index (χ0v) is 14.1. The molecule has 1 saturated carbocycles. The van der Waals surface area contributed by atoms with Crippen molar-refractivity contribution < 1.29 is 9.53 Å². The highest BCUT2D eigenvalue weighted by atomic mass is 16.5. The molecule has 5 heteroatoms. The summed E-state index contributed by atoms with van der Waals surface area (Å²) in [5, 5.41) is 9.54. The summed E-state index contributed by atoms with van der Waals surface area (Å²) < 4.78 is 5.63. The molecule has 1 aromatic carbocycles. The number of benzene rings is 1. The number of carbonyl (C=O) groups excluding carboxylic acids is 1. The van der Waals surface area contributed by atoms with Crippen LogP contribution in [0.15, 0.2) is 29.4 Å². The Balaban J connectivity index is 1.64. The second kappa shape index (κ2) is 6.32. The zero-order chi connectivity index (χ0) is 16.4. The van der Waals surface area contributed by atoms with Crippen molar-refractivity contribution >= 4 is 17.3 Å². The molecule has 3 rings (SSSR count). The molecule has 1 amide bonds. The molecule has 1 aliphatic carbocycles. The molecular weight excluding hydrogens is 290 g/mol. The van der Waals surface area contributed by atoms with Gasteiger partial charge in [-0.2, -0.15) is 5.10 Å². The monoisotopic (exact) mass is 315 g/mol. The maximum Gasteiger partial charge on any atom is 0.251 e. The Morgan fingerprint density at radius 1 is 1.35 bits per heavy atom. The number of rotatable bonds is 5. The maximum absolute atomic E-state index is 12.4. The van der Waals surface area contributed by atoms with Crippen LogP contribution in [-0.4, -0.2) is 36.9 Å². The van der Waals surface area contributed by atoms with Gasteiger partial charge in [-0.3, -0.25) is 9.80 Å². The molecule has 0 saturated heterocycles. The van der Waals surface area contributed by atoms with E-state index in [1.165, 1.54) is 6.42 Å². The fraction of sp³-hybridized carbons (Fsp3) is 0.556. The summed E-state index contributed by atoms with van der Waals surface area (Å²) in [7, 11) is 1.73. The van der Waals surface area contributed by atoms with Gasteiger partial charge in [-0.15, -0.1) is 0 Å². The van der Waals surface area contributed by atoms with Crippen molar-refractivity contribution in [3.05, 3.63) is 29.8 Å². The van der Waals surface area contributed by atoms with Crippen LogP contribution >= 0.6 is 0 Å². The first-order valence-electron chi connectivity index (χ1n) is 8.32. The van der Waals surface area contributed by atoms with Crippen molar-refractivity contribution in [3.8, 4) is 0 Å². The van der Waals surface area contributed by atoms with Gasteiger partial charge in [0.1, 0.15) is 0 Å². The van der Waals surface area contributed by atoms with E-state index in [0.29, 0.717) is 5.56 Å². The molecule has 1 fully saturated rings. The van der Waals surface area contributed by atoms with Gasteiger partial charge in [0.05, 0.1) is 17.3 Å². The van der Waals surface area contributed by atoms with Gasteiger partial charge in [0, 0.05) is 31.4 Å². The largest absolute Gasteiger partial charge is 0.376 e. The number of hydrogen-bond donors (Lipinski definition) is 1. The molecule has 23 heavy (non-hydrogen) atoms. The number of amides is 1. The second-order valence-corrected chi connectivity index (χ2v) is 6.57. The van der Waals surface area contributed by atoms with Gasteiger partial charge in [0.2, 0.25) is 0 Å². The molecule has 1 aliphatic heterocycles. The van der Waals surface area contributed by atoms with Gasteiger partial charge >= 0.3 is 0 Å². The third-order valence-corrected chi connectivity index (χ3v) is 5.15. The lowest BCUT2D eigenvalue weighted by Crippen LogP contribution is -2.56. The lowest BCUT2D eigenvalue weighted by molar-refractivity contribution is -0.0919. The van der Waals surface area contributed by atoms with E-state index < -0.39 is 0 Å². The van der Waals surface area contributed by atoms with Gasteiger partial charge in [0.25, 0.3) is 5.91 Å². The summed E-state index contributed by atoms with van der Waals surface area (Å²) in [4.78, 5) is 12.4. The van der Waals surface area contributed by atoms with E-state index in [-0.39, 0.29) is 17.6 Å². The molecule has 0 aromatic heterocycles. The Morgan fingerprint density at radius 2 is 2.04 bits per heavy atom. The summed E-state index contributed by atoms with van der Waals surface area (Å²) in [5.74, 6) is -0.0477. The second-order valence-electron chi connectivity index (χ2n) is 6.57. The summed E-state index contributed by atoms with van der Waals surface area (Å²) in [6.45, 7) is 4.97. The van der Waals surface area contributed by atoms with E-state index in [9.17, 15) is 4.79 Å². The van der Waals surface area contributed by atoms with Crippen LogP contribution in [0.5, 0.6) is 0 Å². The Hall–Kier alpha value is -1.88. The molecule has 2 aliphatic rings. The van der Waals surface area contributed by atoms with E-state index in [0.717, 1.165) is 37.2 Å². The third kappa shape index (κ3) is 3.11. The van der Waals surface area contributed by atoms with Gasteiger partial charge in [-0.05, 0) is 57.4 Å². The number of hydrogen-bond acceptors (Lipinski definition) is 4. The zero-order valence-electron chi connectivity index (χ0n) is 14.1. The van der Waals surface area contributed by atoms with E-state index in [1.807, 2.05) is 43.1 Å². The number of nitrogens with zero attached hydrogens (tertiary/aromatic N) is 2. The van der Waals surface area contributed by atoms with Crippen molar-refractivity contribution in [1.82, 2.24) is 5.32 Å². The van der Waals surface area contributed by atoms with Crippen LogP contribution in [0.25, 0.3) is 0 Å². The first-order chi connectivity index (χ1) is 11.0. The van der Waals surface area contributed by atoms with Crippen molar-refractivity contribution in [2.24, 2.45) is 5.10 Å². The van der Waals surface area contributed by atoms with Crippen LogP contribution in [0.1, 0.15) is 49.9 Å². The Kier molecular flexibility index (Phi) is 4.39. The molecule has 0 spiro atoms. The van der Waals surface area contributed by atoms with Crippen LogP contribution in [-0.2, 0) is 4.74 Å². The average Bonchev–Trinajstić information content (AvgIpc) is 2.93. The third-order valence-electron chi connectivity index (χ3n) is 5.15. The quantitative estimate of drug-likeness (QED) is 0.909. The lowest BCUT2D eigenvalue weighted by atomic mass is 9.75. The smallest absolute Gasteiger partial charge is 0.251 e. The molecular formula is C18H25N3O2. The lowest BCUT2D eigenvalue weighted by Gasteiger charge is -2.45. The fourth-order valence-corrected chi connectivity index (χ4v) is 3.30. The van der Waals surface area contributed by atoms with E-state index in [4.69, 9.17) is 4.74 Å². The number of anilines is 1. The summed E-state index contributed by atoms with van der Waals surface area (Å²) in [5.41, 5.74) is 2.66. The van der Waals surface area contributed by atoms with E-state index in [1.54, 1.807) is 7.11 Å². The number of hydrazone groups is 1. The van der Waals surface area contributed by atoms with Crippen molar-refractivity contribution in [2.45, 2.75) is 51.2 Å². The van der Waals surface area contributed by atoms with Crippen LogP contribution in [0.3, 0.4) is 0 Å². The average molecular weight is 315 g/mol. The maximum atomic E-state index is 12.4. The first-order valence-corrected chi connectivity index (χ1v) is 8.32. The highest BCUT2D eigenvalue weighted by Gasteiger charge is 2.42. The van der Waals surface area contributed by atoms with Crippen LogP contribution in [0.2, 0.25) is 0 Å². The summed E-state index contributed by atoms with van der Waals surface area (Å²) >= 11 is 0. The van der Waals surface area contributed by atoms with Crippen molar-refractivity contribution in [2.75, 3.05) is 18.7 Å². The summed E-state index contributed by atoms with van der Waals surface area (Å²) in [6, 6.07) is 7.65. The van der Waals surface area contributed by atoms with Crippen LogP contribution < -0.4 is 10.3 Å². The predicted octanol–water partition coefficient (Wildman–Crippen LogP) is 2.96. The molecule has 124 valence electrons. The predicted molar refractivity (Wildman–Crippen MR) is 92.0 cm³/mol. The number of carbonyl (C=O) groups is 1. The molecule has 1 atom stereocenters. The molecule has 1 N–H and O–H groups in total. The standard InChI is InChI=1S/C18H25N3O2/c1-13-9-12-21(20-13)16-7-5-15(6-8-16)17(22)19-14(2)18(23-3)10-4-11-18/h5-8,14H,4,9-12H2,1-3H3,(H,19,22). The van der Waals surface area contributed by atoms with E-state index in [2.05, 4.69) is 10.4 Å². The number of nitrogens with one attached hydrogen (secondary N) is 1. The molecule has 1 heterocycles. The van der Waals surface area contributed by atoms with Gasteiger partial charge in [-0.25, -0.2) is 0 Å². The topological polar surface area (TPSA) is 53.9 Å². The van der Waals surface area contributed by atoms with Gasteiger partial charge < -0.3 is 10.1 Å². The minimum absolute atomic E-state index is 0.0132. The highest BCUT2D eigenvalue weighted by Crippen LogP contribution is 2.38. The van der Waals surface area contributed by atoms with Crippen molar-refractivity contribution in [3.63, 3.8) is 0 Å². The first kappa shape index (κ1) is 16.0. The van der Waals surface area contributed by atoms with Crippen LogP contribution in [0, 0.1) is 0 Å². The van der Waals surface area contributed by atoms with Gasteiger partial charge in [-0.1, -0.05) is 0 Å². The Labute approximate surface area is 137 Å². The SMILES string of the molecule is COC1(C(C)NC(=O)c2ccc(N3CCC(C)=N3)cc2)CCC1. The summed E-state index contributed by atoms with van der Waals surface area (Å²) in [6.07, 6.45) is 4.18. The molecule has 0 radical (unpaired) electrons. The molecule has 5 nitrogen and oxygen atoms in total. The number of methoxy groups -OCH3 is 1. The molecule has 0 bridgehead atoms. The van der Waals surface area contributed by atoms with Gasteiger partial charge in [0.15, 0.2) is 0 Å².